The first-order chi connectivity index (χ1) is 11.7. The summed E-state index contributed by atoms with van der Waals surface area (Å²) >= 11 is 0. The molecule has 1 aliphatic heterocycles. The minimum atomic E-state index is -0.376. The maximum atomic E-state index is 12.7. The molecule has 1 atom stereocenters. The Kier molecular flexibility index (Phi) is 5.11. The Labute approximate surface area is 142 Å². The van der Waals surface area contributed by atoms with Crippen LogP contribution in [-0.2, 0) is 6.42 Å². The first-order valence-corrected chi connectivity index (χ1v) is 8.46. The van der Waals surface area contributed by atoms with Crippen LogP contribution < -0.4 is 10.2 Å². The Balaban J connectivity index is 1.65. The van der Waals surface area contributed by atoms with E-state index in [9.17, 15) is 9.90 Å². The van der Waals surface area contributed by atoms with Crippen LogP contribution in [0.4, 0.5) is 11.5 Å². The Morgan fingerprint density at radius 1 is 1.33 bits per heavy atom. The Morgan fingerprint density at radius 3 is 2.92 bits per heavy atom. The highest BCUT2D eigenvalue weighted by atomic mass is 16.3. The number of aliphatic hydroxyl groups is 1. The van der Waals surface area contributed by atoms with E-state index in [1.165, 1.54) is 5.56 Å². The molecule has 0 fully saturated rings. The predicted octanol–water partition coefficient (Wildman–Crippen LogP) is 2.86. The van der Waals surface area contributed by atoms with Crippen LogP contribution in [0.2, 0.25) is 0 Å². The van der Waals surface area contributed by atoms with Gasteiger partial charge in [-0.05, 0) is 36.6 Å². The minimum Gasteiger partial charge on any atom is -0.391 e. The molecule has 0 bridgehead atoms. The third kappa shape index (κ3) is 3.57. The zero-order valence-corrected chi connectivity index (χ0v) is 13.9. The Morgan fingerprint density at radius 2 is 2.17 bits per heavy atom. The van der Waals surface area contributed by atoms with Crippen molar-refractivity contribution in [2.45, 2.75) is 32.3 Å². The van der Waals surface area contributed by atoms with Crippen LogP contribution in [0, 0.1) is 0 Å². The van der Waals surface area contributed by atoms with Gasteiger partial charge in [0.1, 0.15) is 5.82 Å². The van der Waals surface area contributed by atoms with Crippen LogP contribution in [-0.4, -0.2) is 35.2 Å². The van der Waals surface area contributed by atoms with Gasteiger partial charge < -0.3 is 15.3 Å². The minimum absolute atomic E-state index is 0.0231. The van der Waals surface area contributed by atoms with E-state index >= 15 is 0 Å². The van der Waals surface area contributed by atoms with E-state index in [-0.39, 0.29) is 12.0 Å². The number of carbonyl (C=O) groups excluding carboxylic acids is 1. The smallest absolute Gasteiger partial charge is 0.259 e. The molecule has 2 heterocycles. The number of pyridine rings is 1. The average Bonchev–Trinajstić information content (AvgIpc) is 3.04. The van der Waals surface area contributed by atoms with Crippen LogP contribution in [0.15, 0.2) is 42.6 Å². The second-order valence-corrected chi connectivity index (χ2v) is 6.09. The summed E-state index contributed by atoms with van der Waals surface area (Å²) in [6.45, 7) is 3.22. The van der Waals surface area contributed by atoms with Crippen LogP contribution >= 0.6 is 0 Å². The van der Waals surface area contributed by atoms with Crippen LogP contribution in [0.25, 0.3) is 0 Å². The van der Waals surface area contributed by atoms with Gasteiger partial charge in [0.25, 0.3) is 5.91 Å². The number of carbonyl (C=O) groups is 1. The van der Waals surface area contributed by atoms with Gasteiger partial charge in [0.2, 0.25) is 0 Å². The van der Waals surface area contributed by atoms with E-state index in [1.807, 2.05) is 30.0 Å². The highest BCUT2D eigenvalue weighted by molar-refractivity contribution is 6.07. The first-order valence-electron chi connectivity index (χ1n) is 8.46. The Hall–Kier alpha value is -2.40. The van der Waals surface area contributed by atoms with E-state index in [0.717, 1.165) is 24.9 Å². The summed E-state index contributed by atoms with van der Waals surface area (Å²) in [6.07, 6.45) is 3.82. The number of hydrogen-bond acceptors (Lipinski definition) is 4. The summed E-state index contributed by atoms with van der Waals surface area (Å²) in [5.74, 6) is 0.647. The first kappa shape index (κ1) is 16.5. The quantitative estimate of drug-likeness (QED) is 0.857. The number of benzene rings is 1. The maximum Gasteiger partial charge on any atom is 0.259 e. The van der Waals surface area contributed by atoms with Gasteiger partial charge in [-0.1, -0.05) is 31.5 Å². The number of aromatic nitrogens is 1. The summed E-state index contributed by atoms with van der Waals surface area (Å²) in [4.78, 5) is 18.8. The molecule has 1 aromatic heterocycles. The average molecular weight is 325 g/mol. The molecule has 0 saturated carbocycles. The summed E-state index contributed by atoms with van der Waals surface area (Å²) in [5.41, 5.74) is 2.78. The highest BCUT2D eigenvalue weighted by Gasteiger charge is 2.25. The molecule has 126 valence electrons. The molecular formula is C19H23N3O2. The summed E-state index contributed by atoms with van der Waals surface area (Å²) in [7, 11) is 0. The summed E-state index contributed by atoms with van der Waals surface area (Å²) in [5, 5.41) is 12.8. The molecule has 2 N–H and O–H groups in total. The number of hydrogen-bond donors (Lipinski definition) is 2. The highest BCUT2D eigenvalue weighted by Crippen LogP contribution is 2.28. The summed E-state index contributed by atoms with van der Waals surface area (Å²) < 4.78 is 0. The number of amides is 1. The van der Waals surface area contributed by atoms with Gasteiger partial charge in [-0.3, -0.25) is 4.79 Å². The fourth-order valence-corrected chi connectivity index (χ4v) is 2.99. The molecule has 0 saturated heterocycles. The lowest BCUT2D eigenvalue weighted by Crippen LogP contribution is -2.29. The van der Waals surface area contributed by atoms with Crippen molar-refractivity contribution >= 4 is 17.4 Å². The van der Waals surface area contributed by atoms with Crippen molar-refractivity contribution < 1.29 is 9.90 Å². The van der Waals surface area contributed by atoms with Crippen LogP contribution in [0.5, 0.6) is 0 Å². The van der Waals surface area contributed by atoms with Gasteiger partial charge in [-0.15, -0.1) is 0 Å². The molecular weight excluding hydrogens is 302 g/mol. The van der Waals surface area contributed by atoms with Crippen molar-refractivity contribution in [2.75, 3.05) is 23.3 Å². The molecule has 2 aromatic rings. The van der Waals surface area contributed by atoms with Crippen LogP contribution in [0.1, 0.15) is 35.7 Å². The molecule has 1 aliphatic rings. The van der Waals surface area contributed by atoms with E-state index in [2.05, 4.69) is 16.4 Å². The number of rotatable bonds is 6. The molecule has 0 spiro atoms. The number of nitrogens with zero attached hydrogens (tertiary/aromatic N) is 2. The van der Waals surface area contributed by atoms with E-state index in [4.69, 9.17) is 0 Å². The summed E-state index contributed by atoms with van der Waals surface area (Å²) in [6, 6.07) is 11.6. The van der Waals surface area contributed by atoms with Crippen molar-refractivity contribution in [3.63, 3.8) is 0 Å². The van der Waals surface area contributed by atoms with E-state index < -0.39 is 0 Å². The van der Waals surface area contributed by atoms with Gasteiger partial charge in [-0.25, -0.2) is 4.98 Å². The fraction of sp³-hybridized carbons (Fsp3) is 0.368. The third-order valence-electron chi connectivity index (χ3n) is 4.28. The molecule has 24 heavy (non-hydrogen) atoms. The molecule has 5 heteroatoms. The van der Waals surface area contributed by atoms with Crippen LogP contribution in [0.3, 0.4) is 0 Å². The molecule has 1 amide bonds. The van der Waals surface area contributed by atoms with Crippen molar-refractivity contribution in [2.24, 2.45) is 0 Å². The third-order valence-corrected chi connectivity index (χ3v) is 4.28. The normalized spacial score (nSPS) is 14.3. The SMILES string of the molecule is CCCC(O)CNc1ccc(C(=O)N2CCc3ccccc32)cn1. The van der Waals surface area contributed by atoms with Gasteiger partial charge >= 0.3 is 0 Å². The van der Waals surface area contributed by atoms with Crippen molar-refractivity contribution in [3.8, 4) is 0 Å². The van der Waals surface area contributed by atoms with E-state index in [0.29, 0.717) is 24.5 Å². The topological polar surface area (TPSA) is 65.5 Å². The molecule has 1 aromatic carbocycles. The molecule has 1 unspecified atom stereocenters. The monoisotopic (exact) mass is 325 g/mol. The second kappa shape index (κ2) is 7.45. The standard InChI is InChI=1S/C19H23N3O2/c1-2-5-16(23)13-21-18-9-8-15(12-20-18)19(24)22-11-10-14-6-3-4-7-17(14)22/h3-4,6-9,12,16,23H,2,5,10-11,13H2,1H3,(H,20,21). The predicted molar refractivity (Wildman–Crippen MR) is 95.5 cm³/mol. The van der Waals surface area contributed by atoms with Gasteiger partial charge in [0.15, 0.2) is 0 Å². The number of aliphatic hydroxyl groups excluding tert-OH is 1. The second-order valence-electron chi connectivity index (χ2n) is 6.09. The number of nitrogens with one attached hydrogen (secondary N) is 1. The molecule has 0 aliphatic carbocycles. The molecule has 0 radical (unpaired) electrons. The van der Waals surface area contributed by atoms with Gasteiger partial charge in [0.05, 0.1) is 11.7 Å². The maximum absolute atomic E-state index is 12.7. The lowest BCUT2D eigenvalue weighted by Gasteiger charge is -2.17. The molecule has 5 nitrogen and oxygen atoms in total. The van der Waals surface area contributed by atoms with Gasteiger partial charge in [-0.2, -0.15) is 0 Å². The molecule has 3 rings (SSSR count). The number of fused-ring (bicyclic) bond motifs is 1. The number of para-hydroxylation sites is 1. The lowest BCUT2D eigenvalue weighted by atomic mass is 10.2. The zero-order chi connectivity index (χ0) is 16.9. The van der Waals surface area contributed by atoms with E-state index in [1.54, 1.807) is 18.3 Å². The number of anilines is 2. The van der Waals surface area contributed by atoms with Crippen molar-refractivity contribution in [3.05, 3.63) is 53.7 Å². The fourth-order valence-electron chi connectivity index (χ4n) is 2.99. The largest absolute Gasteiger partial charge is 0.391 e. The zero-order valence-electron chi connectivity index (χ0n) is 13.9. The van der Waals surface area contributed by atoms with Crippen molar-refractivity contribution in [1.29, 1.82) is 0 Å². The Bertz CT molecular complexity index is 700. The van der Waals surface area contributed by atoms with Gasteiger partial charge in [0, 0.05) is 25.0 Å². The van der Waals surface area contributed by atoms with Crippen molar-refractivity contribution in [1.82, 2.24) is 4.98 Å². The lowest BCUT2D eigenvalue weighted by molar-refractivity contribution is 0.0989.